The number of allylic oxidation sites excluding steroid dienone is 2. The average Bonchev–Trinajstić information content (AvgIpc) is 2.48. The Kier molecular flexibility index (Phi) is 3.86. The predicted molar refractivity (Wildman–Crippen MR) is 58.7 cm³/mol. The van der Waals surface area contributed by atoms with Crippen LogP contribution in [0.4, 0.5) is 0 Å². The summed E-state index contributed by atoms with van der Waals surface area (Å²) in [5.41, 5.74) is 0. The molecular formula is C10H14N2S. The van der Waals surface area contributed by atoms with Gasteiger partial charge in [0.2, 0.25) is 0 Å². The van der Waals surface area contributed by atoms with E-state index in [0.717, 1.165) is 11.6 Å². The molecule has 0 amide bonds. The summed E-state index contributed by atoms with van der Waals surface area (Å²) >= 11 is 1.71. The van der Waals surface area contributed by atoms with Crippen LogP contribution >= 0.6 is 11.3 Å². The van der Waals surface area contributed by atoms with Gasteiger partial charge in [0.1, 0.15) is 5.01 Å². The van der Waals surface area contributed by atoms with Crippen molar-refractivity contribution in [2.75, 3.05) is 14.1 Å². The largest absolute Gasteiger partial charge is 0.303 e. The smallest absolute Gasteiger partial charge is 0.107 e. The minimum atomic E-state index is 0.909. The van der Waals surface area contributed by atoms with Gasteiger partial charge in [0.15, 0.2) is 0 Å². The molecule has 1 aromatic heterocycles. The second kappa shape index (κ2) is 4.94. The quantitative estimate of drug-likeness (QED) is 0.684. The molecule has 0 aliphatic carbocycles. The Morgan fingerprint density at radius 3 is 3.00 bits per heavy atom. The van der Waals surface area contributed by atoms with Crippen LogP contribution in [0.25, 0.3) is 6.08 Å². The third-order valence-corrected chi connectivity index (χ3v) is 2.37. The monoisotopic (exact) mass is 194 g/mol. The molecule has 0 spiro atoms. The number of rotatable bonds is 4. The Bertz CT molecular complexity index is 300. The molecule has 3 heteroatoms. The first-order valence-electron chi connectivity index (χ1n) is 4.11. The molecule has 0 aliphatic rings. The van der Waals surface area contributed by atoms with Gasteiger partial charge in [0.25, 0.3) is 0 Å². The minimum Gasteiger partial charge on any atom is -0.303 e. The first-order chi connectivity index (χ1) is 6.22. The lowest BCUT2D eigenvalue weighted by Gasteiger charge is -2.04. The van der Waals surface area contributed by atoms with Crippen molar-refractivity contribution in [2.45, 2.75) is 6.54 Å². The summed E-state index contributed by atoms with van der Waals surface area (Å²) in [5, 5.41) is 1.15. The molecule has 70 valence electrons. The van der Waals surface area contributed by atoms with E-state index in [1.807, 2.05) is 32.4 Å². The number of thiazole rings is 1. The fourth-order valence-corrected chi connectivity index (χ4v) is 1.86. The van der Waals surface area contributed by atoms with Crippen molar-refractivity contribution in [1.82, 2.24) is 9.88 Å². The molecule has 1 heterocycles. The Morgan fingerprint density at radius 2 is 2.38 bits per heavy atom. The van der Waals surface area contributed by atoms with Crippen molar-refractivity contribution in [3.05, 3.63) is 34.8 Å². The van der Waals surface area contributed by atoms with E-state index in [2.05, 4.69) is 16.5 Å². The van der Waals surface area contributed by atoms with Crippen LogP contribution in [-0.4, -0.2) is 24.0 Å². The van der Waals surface area contributed by atoms with E-state index >= 15 is 0 Å². The zero-order valence-electron chi connectivity index (χ0n) is 8.03. The lowest BCUT2D eigenvalue weighted by molar-refractivity contribution is 0.401. The molecular weight excluding hydrogens is 180 g/mol. The molecule has 1 aromatic rings. The van der Waals surface area contributed by atoms with Crippen molar-refractivity contribution < 1.29 is 0 Å². The molecule has 13 heavy (non-hydrogen) atoms. The summed E-state index contributed by atoms with van der Waals surface area (Å²) in [6.45, 7) is 4.53. The van der Waals surface area contributed by atoms with Crippen LogP contribution in [0, 0.1) is 0 Å². The van der Waals surface area contributed by atoms with Crippen LogP contribution in [0.3, 0.4) is 0 Å². The van der Waals surface area contributed by atoms with Crippen LogP contribution < -0.4 is 0 Å². The van der Waals surface area contributed by atoms with Gasteiger partial charge < -0.3 is 4.90 Å². The molecule has 0 aliphatic heterocycles. The molecule has 0 saturated carbocycles. The fraction of sp³-hybridized carbons (Fsp3) is 0.300. The molecule has 0 aromatic carbocycles. The topological polar surface area (TPSA) is 16.1 Å². The molecule has 2 nitrogen and oxygen atoms in total. The number of hydrogen-bond acceptors (Lipinski definition) is 3. The summed E-state index contributed by atoms with van der Waals surface area (Å²) in [6.07, 6.45) is 7.60. The maximum atomic E-state index is 4.30. The van der Waals surface area contributed by atoms with E-state index in [4.69, 9.17) is 0 Å². The zero-order valence-corrected chi connectivity index (χ0v) is 8.84. The normalized spacial score (nSPS) is 11.3. The van der Waals surface area contributed by atoms with Gasteiger partial charge >= 0.3 is 0 Å². The van der Waals surface area contributed by atoms with Crippen LogP contribution in [0.1, 0.15) is 9.88 Å². The second-order valence-corrected chi connectivity index (χ2v) is 4.14. The lowest BCUT2D eigenvalue weighted by Crippen LogP contribution is -2.09. The SMILES string of the molecule is C=C/C=C\c1cnc(CN(C)C)s1. The molecule has 1 rings (SSSR count). The van der Waals surface area contributed by atoms with Gasteiger partial charge in [-0.2, -0.15) is 0 Å². The van der Waals surface area contributed by atoms with E-state index in [9.17, 15) is 0 Å². The highest BCUT2D eigenvalue weighted by Crippen LogP contribution is 2.15. The summed E-state index contributed by atoms with van der Waals surface area (Å²) in [6, 6.07) is 0. The Balaban J connectivity index is 2.63. The molecule has 0 radical (unpaired) electrons. The average molecular weight is 194 g/mol. The molecule has 0 atom stereocenters. The fourth-order valence-electron chi connectivity index (χ4n) is 0.908. The summed E-state index contributed by atoms with van der Waals surface area (Å²) in [7, 11) is 4.08. The van der Waals surface area contributed by atoms with Crippen molar-refractivity contribution >= 4 is 17.4 Å². The van der Waals surface area contributed by atoms with Gasteiger partial charge in [-0.15, -0.1) is 11.3 Å². The maximum Gasteiger partial charge on any atom is 0.107 e. The van der Waals surface area contributed by atoms with Crippen molar-refractivity contribution in [2.24, 2.45) is 0 Å². The van der Waals surface area contributed by atoms with Crippen molar-refractivity contribution in [3.8, 4) is 0 Å². The Hall–Kier alpha value is -0.930. The van der Waals surface area contributed by atoms with E-state index in [1.54, 1.807) is 17.4 Å². The van der Waals surface area contributed by atoms with E-state index in [0.29, 0.717) is 0 Å². The van der Waals surface area contributed by atoms with Gasteiger partial charge in [-0.25, -0.2) is 4.98 Å². The third-order valence-electron chi connectivity index (χ3n) is 1.42. The molecule has 0 bridgehead atoms. The molecule has 0 fully saturated rings. The first-order valence-corrected chi connectivity index (χ1v) is 4.92. The number of aromatic nitrogens is 1. The van der Waals surface area contributed by atoms with Gasteiger partial charge in [-0.1, -0.05) is 18.7 Å². The van der Waals surface area contributed by atoms with Crippen LogP contribution in [0.2, 0.25) is 0 Å². The summed E-state index contributed by atoms with van der Waals surface area (Å²) in [4.78, 5) is 7.59. The summed E-state index contributed by atoms with van der Waals surface area (Å²) in [5.74, 6) is 0. The van der Waals surface area contributed by atoms with Crippen LogP contribution in [-0.2, 0) is 6.54 Å². The van der Waals surface area contributed by atoms with Crippen molar-refractivity contribution in [1.29, 1.82) is 0 Å². The van der Waals surface area contributed by atoms with E-state index < -0.39 is 0 Å². The highest BCUT2D eigenvalue weighted by molar-refractivity contribution is 7.12. The van der Waals surface area contributed by atoms with E-state index in [1.165, 1.54) is 4.88 Å². The predicted octanol–water partition coefficient (Wildman–Crippen LogP) is 2.40. The molecule has 0 N–H and O–H groups in total. The Labute approximate surface area is 83.2 Å². The lowest BCUT2D eigenvalue weighted by atomic mass is 10.4. The number of hydrogen-bond donors (Lipinski definition) is 0. The summed E-state index contributed by atoms with van der Waals surface area (Å²) < 4.78 is 0. The van der Waals surface area contributed by atoms with Gasteiger partial charge in [0, 0.05) is 17.6 Å². The van der Waals surface area contributed by atoms with Crippen molar-refractivity contribution in [3.63, 3.8) is 0 Å². The van der Waals surface area contributed by atoms with Gasteiger partial charge in [-0.3, -0.25) is 0 Å². The van der Waals surface area contributed by atoms with E-state index in [-0.39, 0.29) is 0 Å². The third kappa shape index (κ3) is 3.53. The highest BCUT2D eigenvalue weighted by Gasteiger charge is 1.99. The number of nitrogens with zero attached hydrogens (tertiary/aromatic N) is 2. The standard InChI is InChI=1S/C10H14N2S/c1-4-5-6-9-7-11-10(13-9)8-12(2)3/h4-7H,1,8H2,2-3H3/b6-5-. The Morgan fingerprint density at radius 1 is 1.62 bits per heavy atom. The second-order valence-electron chi connectivity index (χ2n) is 2.99. The van der Waals surface area contributed by atoms with Crippen LogP contribution in [0.15, 0.2) is 24.9 Å². The highest BCUT2D eigenvalue weighted by atomic mass is 32.1. The zero-order chi connectivity index (χ0) is 9.68. The molecule has 0 saturated heterocycles. The van der Waals surface area contributed by atoms with Gasteiger partial charge in [-0.05, 0) is 20.2 Å². The molecule has 0 unspecified atom stereocenters. The first kappa shape index (κ1) is 10.2. The maximum absolute atomic E-state index is 4.30. The van der Waals surface area contributed by atoms with Crippen LogP contribution in [0.5, 0.6) is 0 Å². The minimum absolute atomic E-state index is 0.909. The van der Waals surface area contributed by atoms with Gasteiger partial charge in [0.05, 0.1) is 0 Å².